The first-order valence-electron chi connectivity index (χ1n) is 8.62. The Morgan fingerprint density at radius 3 is 2.26 bits per heavy atom. The third kappa shape index (κ3) is 5.05. The van der Waals surface area contributed by atoms with Crippen LogP contribution in [0.4, 0.5) is 4.39 Å². The van der Waals surface area contributed by atoms with E-state index in [0.717, 1.165) is 5.56 Å². The summed E-state index contributed by atoms with van der Waals surface area (Å²) >= 11 is 0. The van der Waals surface area contributed by atoms with Crippen molar-refractivity contribution in [3.05, 3.63) is 66.0 Å². The summed E-state index contributed by atoms with van der Waals surface area (Å²) in [5, 5.41) is 0. The Labute approximate surface area is 158 Å². The zero-order valence-electron chi connectivity index (χ0n) is 14.8. The number of para-hydroxylation sites is 1. The van der Waals surface area contributed by atoms with Crippen LogP contribution in [0, 0.1) is 5.82 Å². The van der Waals surface area contributed by atoms with Gasteiger partial charge in [0.2, 0.25) is 10.0 Å². The number of amides is 1. The van der Waals surface area contributed by atoms with E-state index in [1.807, 2.05) is 6.07 Å². The van der Waals surface area contributed by atoms with Gasteiger partial charge < -0.3 is 9.64 Å². The van der Waals surface area contributed by atoms with Crippen molar-refractivity contribution in [2.45, 2.75) is 5.75 Å². The Bertz CT molecular complexity index is 882. The molecule has 2 aromatic rings. The molecular formula is C19H21FN2O4S. The van der Waals surface area contributed by atoms with Crippen molar-refractivity contribution in [3.8, 4) is 5.75 Å². The second-order valence-corrected chi connectivity index (χ2v) is 8.21. The lowest BCUT2D eigenvalue weighted by Gasteiger charge is -2.34. The van der Waals surface area contributed by atoms with Crippen LogP contribution in [0.2, 0.25) is 0 Å². The van der Waals surface area contributed by atoms with Gasteiger partial charge in [0.05, 0.1) is 5.75 Å². The monoisotopic (exact) mass is 392 g/mol. The van der Waals surface area contributed by atoms with Crippen molar-refractivity contribution in [3.63, 3.8) is 0 Å². The van der Waals surface area contributed by atoms with Crippen LogP contribution in [-0.4, -0.2) is 56.3 Å². The second kappa shape index (κ2) is 8.49. The van der Waals surface area contributed by atoms with E-state index < -0.39 is 15.8 Å². The predicted octanol–water partition coefficient (Wildman–Crippen LogP) is 1.88. The summed E-state index contributed by atoms with van der Waals surface area (Å²) in [4.78, 5) is 13.8. The molecule has 144 valence electrons. The summed E-state index contributed by atoms with van der Waals surface area (Å²) in [6.45, 7) is 0.764. The largest absolute Gasteiger partial charge is 0.481 e. The standard InChI is InChI=1S/C19H21FN2O4S/c20-17-8-4-5-9-18(17)26-14-19(23)21-10-12-22(13-11-21)27(24,25)15-16-6-2-1-3-7-16/h1-9H,10-15H2. The summed E-state index contributed by atoms with van der Waals surface area (Å²) in [7, 11) is -3.43. The molecule has 0 aromatic heterocycles. The maximum atomic E-state index is 13.5. The number of ether oxygens (including phenoxy) is 1. The van der Waals surface area contributed by atoms with E-state index in [-0.39, 0.29) is 50.2 Å². The van der Waals surface area contributed by atoms with Crippen LogP contribution in [0.15, 0.2) is 54.6 Å². The molecule has 0 N–H and O–H groups in total. The number of rotatable bonds is 6. The molecular weight excluding hydrogens is 371 g/mol. The molecule has 0 spiro atoms. The number of carbonyl (C=O) groups is 1. The molecule has 0 bridgehead atoms. The zero-order chi connectivity index (χ0) is 19.3. The Morgan fingerprint density at radius 2 is 1.59 bits per heavy atom. The topological polar surface area (TPSA) is 66.9 Å². The van der Waals surface area contributed by atoms with E-state index in [1.54, 1.807) is 36.4 Å². The zero-order valence-corrected chi connectivity index (χ0v) is 15.6. The molecule has 6 nitrogen and oxygen atoms in total. The van der Waals surface area contributed by atoms with Crippen LogP contribution in [-0.2, 0) is 20.6 Å². The van der Waals surface area contributed by atoms with E-state index >= 15 is 0 Å². The molecule has 8 heteroatoms. The van der Waals surface area contributed by atoms with Gasteiger partial charge in [-0.05, 0) is 17.7 Å². The molecule has 1 aliphatic heterocycles. The number of nitrogens with zero attached hydrogens (tertiary/aromatic N) is 2. The van der Waals surface area contributed by atoms with Gasteiger partial charge >= 0.3 is 0 Å². The van der Waals surface area contributed by atoms with E-state index in [2.05, 4.69) is 0 Å². The predicted molar refractivity (Wildman–Crippen MR) is 99.1 cm³/mol. The smallest absolute Gasteiger partial charge is 0.260 e. The van der Waals surface area contributed by atoms with Crippen molar-refractivity contribution in [1.82, 2.24) is 9.21 Å². The fraction of sp³-hybridized carbons (Fsp3) is 0.316. The van der Waals surface area contributed by atoms with Crippen molar-refractivity contribution in [2.75, 3.05) is 32.8 Å². The Kier molecular flexibility index (Phi) is 6.08. The molecule has 1 amide bonds. The molecule has 0 saturated carbocycles. The molecule has 2 aromatic carbocycles. The Morgan fingerprint density at radius 1 is 0.963 bits per heavy atom. The summed E-state index contributed by atoms with van der Waals surface area (Å²) in [6, 6.07) is 14.9. The number of carbonyl (C=O) groups excluding carboxylic acids is 1. The first-order chi connectivity index (χ1) is 13.0. The van der Waals surface area contributed by atoms with Gasteiger partial charge in [-0.3, -0.25) is 4.79 Å². The second-order valence-electron chi connectivity index (χ2n) is 6.24. The van der Waals surface area contributed by atoms with E-state index in [1.165, 1.54) is 21.3 Å². The van der Waals surface area contributed by atoms with E-state index in [9.17, 15) is 17.6 Å². The Balaban J connectivity index is 1.50. The molecule has 0 radical (unpaired) electrons. The normalized spacial score (nSPS) is 15.5. The van der Waals surface area contributed by atoms with Crippen LogP contribution < -0.4 is 4.74 Å². The maximum absolute atomic E-state index is 13.5. The first kappa shape index (κ1) is 19.3. The molecule has 27 heavy (non-hydrogen) atoms. The van der Waals surface area contributed by atoms with E-state index in [0.29, 0.717) is 0 Å². The van der Waals surface area contributed by atoms with Gasteiger partial charge in [-0.15, -0.1) is 0 Å². The van der Waals surface area contributed by atoms with Crippen LogP contribution >= 0.6 is 0 Å². The molecule has 0 unspecified atom stereocenters. The fourth-order valence-corrected chi connectivity index (χ4v) is 4.40. The highest BCUT2D eigenvalue weighted by Crippen LogP contribution is 2.16. The summed E-state index contributed by atoms with van der Waals surface area (Å²) in [5.41, 5.74) is 0.731. The number of halogens is 1. The van der Waals surface area contributed by atoms with Gasteiger partial charge in [0.25, 0.3) is 5.91 Å². The molecule has 1 heterocycles. The Hall–Kier alpha value is -2.45. The fourth-order valence-electron chi connectivity index (χ4n) is 2.88. The molecule has 0 atom stereocenters. The third-order valence-corrected chi connectivity index (χ3v) is 6.21. The lowest BCUT2D eigenvalue weighted by atomic mass is 10.2. The highest BCUT2D eigenvalue weighted by molar-refractivity contribution is 7.88. The van der Waals surface area contributed by atoms with Crippen LogP contribution in [0.25, 0.3) is 0 Å². The van der Waals surface area contributed by atoms with Gasteiger partial charge in [0, 0.05) is 26.2 Å². The molecule has 1 saturated heterocycles. The lowest BCUT2D eigenvalue weighted by Crippen LogP contribution is -2.51. The summed E-state index contributed by atoms with van der Waals surface area (Å²) in [5.74, 6) is -0.853. The average Bonchev–Trinajstić information content (AvgIpc) is 2.68. The summed E-state index contributed by atoms with van der Waals surface area (Å²) in [6.07, 6.45) is 0. The SMILES string of the molecule is O=C(COc1ccccc1F)N1CCN(S(=O)(=O)Cc2ccccc2)CC1. The maximum Gasteiger partial charge on any atom is 0.260 e. The molecule has 3 rings (SSSR count). The number of benzene rings is 2. The van der Waals surface area contributed by atoms with Crippen molar-refractivity contribution < 1.29 is 22.3 Å². The van der Waals surface area contributed by atoms with Gasteiger partial charge in [0.15, 0.2) is 18.2 Å². The minimum atomic E-state index is -3.43. The number of sulfonamides is 1. The quantitative estimate of drug-likeness (QED) is 0.753. The van der Waals surface area contributed by atoms with Crippen molar-refractivity contribution >= 4 is 15.9 Å². The first-order valence-corrected chi connectivity index (χ1v) is 10.2. The van der Waals surface area contributed by atoms with Crippen LogP contribution in [0.3, 0.4) is 0 Å². The van der Waals surface area contributed by atoms with Gasteiger partial charge in [-0.2, -0.15) is 4.31 Å². The molecule has 0 aliphatic carbocycles. The minimum absolute atomic E-state index is 0.0231. The number of hydrogen-bond donors (Lipinski definition) is 0. The highest BCUT2D eigenvalue weighted by atomic mass is 32.2. The van der Waals surface area contributed by atoms with Gasteiger partial charge in [-0.25, -0.2) is 12.8 Å². The lowest BCUT2D eigenvalue weighted by molar-refractivity contribution is -0.134. The van der Waals surface area contributed by atoms with Crippen LogP contribution in [0.1, 0.15) is 5.56 Å². The number of piperazine rings is 1. The van der Waals surface area contributed by atoms with E-state index in [4.69, 9.17) is 4.74 Å². The minimum Gasteiger partial charge on any atom is -0.481 e. The number of hydrogen-bond acceptors (Lipinski definition) is 4. The van der Waals surface area contributed by atoms with Crippen molar-refractivity contribution in [2.24, 2.45) is 0 Å². The molecule has 1 fully saturated rings. The summed E-state index contributed by atoms with van der Waals surface area (Å²) < 4.78 is 45.2. The van der Waals surface area contributed by atoms with Gasteiger partial charge in [0.1, 0.15) is 0 Å². The third-order valence-electron chi connectivity index (χ3n) is 4.36. The van der Waals surface area contributed by atoms with Gasteiger partial charge in [-0.1, -0.05) is 42.5 Å². The molecule has 1 aliphatic rings. The van der Waals surface area contributed by atoms with Crippen molar-refractivity contribution in [1.29, 1.82) is 0 Å². The highest BCUT2D eigenvalue weighted by Gasteiger charge is 2.29. The van der Waals surface area contributed by atoms with Crippen LogP contribution in [0.5, 0.6) is 5.75 Å². The average molecular weight is 392 g/mol.